The second kappa shape index (κ2) is 12.3. The van der Waals surface area contributed by atoms with Crippen LogP contribution in [-0.2, 0) is 22.6 Å². The number of nitrogens with zero attached hydrogens (tertiary/aromatic N) is 3. The number of amides is 1. The maximum atomic E-state index is 13.1. The molecule has 1 aliphatic rings. The van der Waals surface area contributed by atoms with E-state index in [0.29, 0.717) is 31.8 Å². The van der Waals surface area contributed by atoms with E-state index in [9.17, 15) is 9.18 Å². The van der Waals surface area contributed by atoms with Crippen molar-refractivity contribution in [1.29, 1.82) is 5.26 Å². The lowest BCUT2D eigenvalue weighted by Gasteiger charge is -2.36. The van der Waals surface area contributed by atoms with Gasteiger partial charge < -0.3 is 14.4 Å². The molecule has 6 nitrogen and oxygen atoms in total. The zero-order chi connectivity index (χ0) is 25.3. The lowest BCUT2D eigenvalue weighted by molar-refractivity contribution is -0.132. The molecule has 36 heavy (non-hydrogen) atoms. The normalized spacial score (nSPS) is 14.8. The van der Waals surface area contributed by atoms with Crippen molar-refractivity contribution in [1.82, 2.24) is 9.80 Å². The van der Waals surface area contributed by atoms with Crippen LogP contribution in [0.25, 0.3) is 0 Å². The van der Waals surface area contributed by atoms with E-state index in [1.165, 1.54) is 12.1 Å². The quantitative estimate of drug-likeness (QED) is 0.449. The van der Waals surface area contributed by atoms with Crippen LogP contribution in [0.2, 0.25) is 0 Å². The molecule has 7 heteroatoms. The molecule has 0 saturated carbocycles. The molecule has 1 fully saturated rings. The number of ether oxygens (including phenoxy) is 2. The van der Waals surface area contributed by atoms with E-state index in [-0.39, 0.29) is 24.2 Å². The van der Waals surface area contributed by atoms with Crippen molar-refractivity contribution >= 4 is 5.91 Å². The molecule has 186 valence electrons. The summed E-state index contributed by atoms with van der Waals surface area (Å²) >= 11 is 0. The first-order valence-electron chi connectivity index (χ1n) is 12.0. The van der Waals surface area contributed by atoms with Crippen LogP contribution in [0.5, 0.6) is 5.75 Å². The van der Waals surface area contributed by atoms with Crippen molar-refractivity contribution in [2.75, 3.05) is 39.8 Å². The number of hydrogen-bond acceptors (Lipinski definition) is 5. The predicted octanol–water partition coefficient (Wildman–Crippen LogP) is 4.35. The van der Waals surface area contributed by atoms with Gasteiger partial charge in [-0.05, 0) is 53.1 Å². The second-order valence-corrected chi connectivity index (χ2v) is 8.87. The van der Waals surface area contributed by atoms with Gasteiger partial charge in [0.15, 0.2) is 0 Å². The molecular weight excluding hydrogens is 457 g/mol. The van der Waals surface area contributed by atoms with Gasteiger partial charge in [-0.25, -0.2) is 4.39 Å². The first kappa shape index (κ1) is 25.4. The number of benzene rings is 3. The summed E-state index contributed by atoms with van der Waals surface area (Å²) in [4.78, 5) is 16.9. The third-order valence-electron chi connectivity index (χ3n) is 6.42. The van der Waals surface area contributed by atoms with Crippen molar-refractivity contribution in [3.05, 3.63) is 101 Å². The minimum absolute atomic E-state index is 0.0580. The summed E-state index contributed by atoms with van der Waals surface area (Å²) in [5, 5.41) is 9.03. The second-order valence-electron chi connectivity index (χ2n) is 8.87. The Morgan fingerprint density at radius 2 is 1.69 bits per heavy atom. The van der Waals surface area contributed by atoms with Gasteiger partial charge in [0.05, 0.1) is 37.9 Å². The van der Waals surface area contributed by atoms with Crippen molar-refractivity contribution in [3.63, 3.8) is 0 Å². The van der Waals surface area contributed by atoms with Gasteiger partial charge in [-0.15, -0.1) is 0 Å². The Morgan fingerprint density at radius 3 is 2.36 bits per heavy atom. The summed E-state index contributed by atoms with van der Waals surface area (Å²) in [6, 6.07) is 23.5. The number of methoxy groups -OCH3 is 1. The lowest BCUT2D eigenvalue weighted by atomic mass is 10.1. The first-order valence-corrected chi connectivity index (χ1v) is 12.0. The molecule has 4 rings (SSSR count). The highest BCUT2D eigenvalue weighted by Crippen LogP contribution is 2.25. The Bertz CT molecular complexity index is 1180. The van der Waals surface area contributed by atoms with Crippen LogP contribution in [0, 0.1) is 17.1 Å². The Balaban J connectivity index is 1.36. The third-order valence-corrected chi connectivity index (χ3v) is 6.42. The number of carbonyl (C=O) groups is 1. The predicted molar refractivity (Wildman–Crippen MR) is 135 cm³/mol. The molecule has 0 aliphatic carbocycles. The highest BCUT2D eigenvalue weighted by Gasteiger charge is 2.24. The molecule has 1 amide bonds. The summed E-state index contributed by atoms with van der Waals surface area (Å²) in [7, 11) is 1.65. The van der Waals surface area contributed by atoms with Crippen LogP contribution in [0.1, 0.15) is 28.4 Å². The SMILES string of the molecule is COc1cccc([C@@H](CN2CCN(C(=O)Cc3ccc(F)cc3)CC2)OCc2ccc(C#N)cc2)c1. The van der Waals surface area contributed by atoms with Gasteiger partial charge in [0.1, 0.15) is 11.6 Å². The largest absolute Gasteiger partial charge is 0.497 e. The molecule has 1 saturated heterocycles. The smallest absolute Gasteiger partial charge is 0.227 e. The summed E-state index contributed by atoms with van der Waals surface area (Å²) < 4.78 is 24.9. The van der Waals surface area contributed by atoms with Crippen LogP contribution < -0.4 is 4.74 Å². The highest BCUT2D eigenvalue weighted by molar-refractivity contribution is 5.78. The highest BCUT2D eigenvalue weighted by atomic mass is 19.1. The average molecular weight is 488 g/mol. The molecule has 0 N–H and O–H groups in total. The fourth-order valence-corrected chi connectivity index (χ4v) is 4.27. The fraction of sp³-hybridized carbons (Fsp3) is 0.310. The van der Waals surface area contributed by atoms with E-state index in [1.54, 1.807) is 31.4 Å². The van der Waals surface area contributed by atoms with E-state index >= 15 is 0 Å². The lowest BCUT2D eigenvalue weighted by Crippen LogP contribution is -2.50. The average Bonchev–Trinajstić information content (AvgIpc) is 2.93. The van der Waals surface area contributed by atoms with E-state index in [2.05, 4.69) is 11.0 Å². The van der Waals surface area contributed by atoms with Gasteiger partial charge in [0.25, 0.3) is 0 Å². The van der Waals surface area contributed by atoms with Gasteiger partial charge in [-0.2, -0.15) is 5.26 Å². The molecule has 3 aromatic rings. The third kappa shape index (κ3) is 6.91. The molecule has 1 heterocycles. The fourth-order valence-electron chi connectivity index (χ4n) is 4.27. The van der Waals surface area contributed by atoms with Crippen LogP contribution >= 0.6 is 0 Å². The van der Waals surface area contributed by atoms with Crippen LogP contribution in [-0.4, -0.2) is 55.5 Å². The van der Waals surface area contributed by atoms with Crippen molar-refractivity contribution < 1.29 is 18.7 Å². The molecular formula is C29H30FN3O3. The first-order chi connectivity index (χ1) is 17.5. The van der Waals surface area contributed by atoms with Crippen LogP contribution in [0.15, 0.2) is 72.8 Å². The number of halogens is 1. The minimum atomic E-state index is -0.299. The molecule has 0 aromatic heterocycles. The Kier molecular flexibility index (Phi) is 8.66. The zero-order valence-corrected chi connectivity index (χ0v) is 20.4. The summed E-state index contributed by atoms with van der Waals surface area (Å²) in [6.45, 7) is 3.87. The molecule has 3 aromatic carbocycles. The Labute approximate surface area is 211 Å². The molecule has 0 radical (unpaired) electrons. The van der Waals surface area contributed by atoms with Gasteiger partial charge in [0, 0.05) is 32.7 Å². The Morgan fingerprint density at radius 1 is 1.00 bits per heavy atom. The monoisotopic (exact) mass is 487 g/mol. The maximum absolute atomic E-state index is 13.1. The minimum Gasteiger partial charge on any atom is -0.497 e. The van der Waals surface area contributed by atoms with E-state index in [1.807, 2.05) is 41.3 Å². The number of piperazine rings is 1. The molecule has 0 unspecified atom stereocenters. The molecule has 1 aliphatic heterocycles. The number of hydrogen-bond donors (Lipinski definition) is 0. The van der Waals surface area contributed by atoms with Gasteiger partial charge in [-0.3, -0.25) is 9.69 Å². The van der Waals surface area contributed by atoms with E-state index < -0.39 is 0 Å². The molecule has 0 bridgehead atoms. The van der Waals surface area contributed by atoms with E-state index in [4.69, 9.17) is 14.7 Å². The zero-order valence-electron chi connectivity index (χ0n) is 20.4. The molecule has 1 atom stereocenters. The number of rotatable bonds is 9. The number of nitriles is 1. The van der Waals surface area contributed by atoms with Gasteiger partial charge in [-0.1, -0.05) is 36.4 Å². The van der Waals surface area contributed by atoms with Gasteiger partial charge in [0.2, 0.25) is 5.91 Å². The topological polar surface area (TPSA) is 65.8 Å². The van der Waals surface area contributed by atoms with E-state index in [0.717, 1.165) is 35.5 Å². The number of carbonyl (C=O) groups excluding carboxylic acids is 1. The summed E-state index contributed by atoms with van der Waals surface area (Å²) in [6.07, 6.45) is 0.0951. The molecule has 0 spiro atoms. The van der Waals surface area contributed by atoms with Crippen molar-refractivity contribution in [3.8, 4) is 11.8 Å². The standard InChI is InChI=1S/C29H30FN3O3/c1-35-27-4-2-3-25(18-27)28(36-21-24-7-5-23(19-31)6-8-24)20-32-13-15-33(16-14-32)29(34)17-22-9-11-26(30)12-10-22/h2-12,18,28H,13-17,20-21H2,1H3/t28-/m1/s1. The van der Waals surface area contributed by atoms with Gasteiger partial charge >= 0.3 is 0 Å². The van der Waals surface area contributed by atoms with Crippen molar-refractivity contribution in [2.24, 2.45) is 0 Å². The summed E-state index contributed by atoms with van der Waals surface area (Å²) in [5.41, 5.74) is 3.46. The van der Waals surface area contributed by atoms with Crippen LogP contribution in [0.4, 0.5) is 4.39 Å². The summed E-state index contributed by atoms with van der Waals surface area (Å²) in [5.74, 6) is 0.533. The Hall–Kier alpha value is -3.73. The van der Waals surface area contributed by atoms with Crippen molar-refractivity contribution in [2.45, 2.75) is 19.1 Å². The van der Waals surface area contributed by atoms with Crippen LogP contribution in [0.3, 0.4) is 0 Å². The maximum Gasteiger partial charge on any atom is 0.227 e.